The summed E-state index contributed by atoms with van der Waals surface area (Å²) in [5.41, 5.74) is 5.90. The molecule has 0 spiro atoms. The lowest BCUT2D eigenvalue weighted by Gasteiger charge is -1.83. The quantitative estimate of drug-likeness (QED) is 0.608. The molecular formula is C6H7NO3. The van der Waals surface area contributed by atoms with Crippen molar-refractivity contribution >= 4 is 11.9 Å². The Morgan fingerprint density at radius 1 is 1.80 bits per heavy atom. The second-order valence-corrected chi connectivity index (χ2v) is 1.96. The number of carboxylic acids is 1. The highest BCUT2D eigenvalue weighted by Gasteiger charge is 2.09. The molecule has 0 unspecified atom stereocenters. The largest absolute Gasteiger partial charge is 0.475 e. The average Bonchev–Trinajstić information content (AvgIpc) is 2.13. The third-order valence-electron chi connectivity index (χ3n) is 1.17. The molecule has 0 saturated carbocycles. The van der Waals surface area contributed by atoms with Crippen molar-refractivity contribution in [1.82, 2.24) is 0 Å². The predicted molar refractivity (Wildman–Crippen MR) is 34.8 cm³/mol. The van der Waals surface area contributed by atoms with Crippen LogP contribution >= 0.6 is 0 Å². The van der Waals surface area contributed by atoms with Crippen molar-refractivity contribution in [2.75, 3.05) is 5.73 Å². The Balaban J connectivity index is 3.10. The number of aromatic carboxylic acids is 1. The Kier molecular flexibility index (Phi) is 1.37. The first-order chi connectivity index (χ1) is 4.61. The molecule has 0 bridgehead atoms. The summed E-state index contributed by atoms with van der Waals surface area (Å²) < 4.78 is 4.65. The molecule has 54 valence electrons. The highest BCUT2D eigenvalue weighted by Crippen LogP contribution is 2.15. The minimum atomic E-state index is -1.10. The summed E-state index contributed by atoms with van der Waals surface area (Å²) in [5.74, 6) is -1.05. The van der Waals surface area contributed by atoms with Gasteiger partial charge >= 0.3 is 5.97 Å². The Morgan fingerprint density at radius 3 is 2.60 bits per heavy atom. The molecule has 0 aliphatic heterocycles. The zero-order valence-corrected chi connectivity index (χ0v) is 5.42. The summed E-state index contributed by atoms with van der Waals surface area (Å²) >= 11 is 0. The van der Waals surface area contributed by atoms with Gasteiger partial charge in [0.25, 0.3) is 0 Å². The summed E-state index contributed by atoms with van der Waals surface area (Å²) in [7, 11) is 0. The number of nitrogens with two attached hydrogens (primary N) is 1. The Hall–Kier alpha value is -1.45. The standard InChI is InChI=1S/C6H7NO3/c1-3-2-4(6(8)9)10-5(3)7/h2H,7H2,1H3,(H,8,9). The van der Waals surface area contributed by atoms with Gasteiger partial charge in [-0.1, -0.05) is 0 Å². The fraction of sp³-hybridized carbons (Fsp3) is 0.167. The van der Waals surface area contributed by atoms with Crippen LogP contribution in [0.25, 0.3) is 0 Å². The third-order valence-corrected chi connectivity index (χ3v) is 1.17. The molecule has 0 atom stereocenters. The molecule has 1 aromatic heterocycles. The van der Waals surface area contributed by atoms with Crippen LogP contribution in [0.1, 0.15) is 16.1 Å². The maximum Gasteiger partial charge on any atom is 0.371 e. The van der Waals surface area contributed by atoms with Crippen LogP contribution < -0.4 is 5.73 Å². The van der Waals surface area contributed by atoms with Crippen molar-refractivity contribution in [3.8, 4) is 0 Å². The van der Waals surface area contributed by atoms with E-state index in [1.165, 1.54) is 6.07 Å². The predicted octanol–water partition coefficient (Wildman–Crippen LogP) is 0.868. The van der Waals surface area contributed by atoms with Crippen LogP contribution in [-0.4, -0.2) is 11.1 Å². The van der Waals surface area contributed by atoms with Crippen LogP contribution in [0.2, 0.25) is 0 Å². The van der Waals surface area contributed by atoms with Gasteiger partial charge in [0.05, 0.1) is 0 Å². The van der Waals surface area contributed by atoms with Crippen LogP contribution in [-0.2, 0) is 0 Å². The molecule has 3 N–H and O–H groups in total. The molecule has 0 saturated heterocycles. The van der Waals surface area contributed by atoms with E-state index in [2.05, 4.69) is 4.42 Å². The zero-order chi connectivity index (χ0) is 7.72. The number of rotatable bonds is 1. The highest BCUT2D eigenvalue weighted by molar-refractivity contribution is 5.85. The first-order valence-electron chi connectivity index (χ1n) is 2.70. The van der Waals surface area contributed by atoms with Crippen molar-refractivity contribution in [3.63, 3.8) is 0 Å². The summed E-state index contributed by atoms with van der Waals surface area (Å²) in [6.45, 7) is 1.69. The van der Waals surface area contributed by atoms with E-state index in [0.717, 1.165) is 0 Å². The number of carboxylic acid groups (broad SMARTS) is 1. The van der Waals surface area contributed by atoms with E-state index < -0.39 is 5.97 Å². The molecule has 0 aliphatic rings. The number of carbonyl (C=O) groups is 1. The normalized spacial score (nSPS) is 9.70. The lowest BCUT2D eigenvalue weighted by atomic mass is 10.3. The summed E-state index contributed by atoms with van der Waals surface area (Å²) in [6.07, 6.45) is 0. The molecule has 4 nitrogen and oxygen atoms in total. The molecule has 1 aromatic rings. The molecule has 4 heteroatoms. The summed E-state index contributed by atoms with van der Waals surface area (Å²) in [5, 5.41) is 8.37. The second kappa shape index (κ2) is 2.06. The molecule has 0 amide bonds. The van der Waals surface area contributed by atoms with Gasteiger partial charge in [0.1, 0.15) is 0 Å². The first kappa shape index (κ1) is 6.67. The number of hydrogen-bond acceptors (Lipinski definition) is 3. The number of anilines is 1. The summed E-state index contributed by atoms with van der Waals surface area (Å²) in [4.78, 5) is 10.2. The van der Waals surface area contributed by atoms with E-state index in [0.29, 0.717) is 5.56 Å². The van der Waals surface area contributed by atoms with Gasteiger partial charge < -0.3 is 15.3 Å². The first-order valence-corrected chi connectivity index (χ1v) is 2.70. The monoisotopic (exact) mass is 141 g/mol. The van der Waals surface area contributed by atoms with Crippen LogP contribution in [0.4, 0.5) is 5.88 Å². The molecule has 0 aromatic carbocycles. The minimum absolute atomic E-state index is 0.116. The zero-order valence-electron chi connectivity index (χ0n) is 5.42. The van der Waals surface area contributed by atoms with Gasteiger partial charge in [-0.2, -0.15) is 0 Å². The van der Waals surface area contributed by atoms with E-state index in [-0.39, 0.29) is 11.6 Å². The fourth-order valence-corrected chi connectivity index (χ4v) is 0.602. The third kappa shape index (κ3) is 0.953. The van der Waals surface area contributed by atoms with Gasteiger partial charge in [0.2, 0.25) is 5.76 Å². The number of aryl methyl sites for hydroxylation is 1. The smallest absolute Gasteiger partial charge is 0.371 e. The van der Waals surface area contributed by atoms with Crippen molar-refractivity contribution in [1.29, 1.82) is 0 Å². The van der Waals surface area contributed by atoms with Gasteiger partial charge in [0, 0.05) is 5.56 Å². The van der Waals surface area contributed by atoms with Gasteiger partial charge in [-0.25, -0.2) is 4.79 Å². The summed E-state index contributed by atoms with van der Waals surface area (Å²) in [6, 6.07) is 1.39. The van der Waals surface area contributed by atoms with Gasteiger partial charge in [-0.15, -0.1) is 0 Å². The molecule has 0 aliphatic carbocycles. The van der Waals surface area contributed by atoms with Gasteiger partial charge in [-0.05, 0) is 13.0 Å². The van der Waals surface area contributed by atoms with Crippen LogP contribution in [0.15, 0.2) is 10.5 Å². The van der Waals surface area contributed by atoms with Crippen molar-refractivity contribution in [2.45, 2.75) is 6.92 Å². The van der Waals surface area contributed by atoms with Crippen LogP contribution in [0.3, 0.4) is 0 Å². The van der Waals surface area contributed by atoms with E-state index in [9.17, 15) is 4.79 Å². The molecule has 0 radical (unpaired) electrons. The molecule has 0 fully saturated rings. The Bertz CT molecular complexity index is 244. The van der Waals surface area contributed by atoms with Crippen molar-refractivity contribution in [3.05, 3.63) is 17.4 Å². The van der Waals surface area contributed by atoms with E-state index in [4.69, 9.17) is 10.8 Å². The average molecular weight is 141 g/mol. The topological polar surface area (TPSA) is 76.5 Å². The maximum atomic E-state index is 10.2. The number of hydrogen-bond donors (Lipinski definition) is 2. The van der Waals surface area contributed by atoms with Crippen molar-refractivity contribution < 1.29 is 14.3 Å². The molecular weight excluding hydrogens is 134 g/mol. The number of furan rings is 1. The van der Waals surface area contributed by atoms with Gasteiger partial charge in [-0.3, -0.25) is 0 Å². The molecule has 1 heterocycles. The molecule has 1 rings (SSSR count). The van der Waals surface area contributed by atoms with Crippen LogP contribution in [0.5, 0.6) is 0 Å². The molecule has 10 heavy (non-hydrogen) atoms. The lowest BCUT2D eigenvalue weighted by Crippen LogP contribution is -1.91. The number of nitrogen functional groups attached to an aromatic ring is 1. The fourth-order valence-electron chi connectivity index (χ4n) is 0.602. The van der Waals surface area contributed by atoms with E-state index in [1.54, 1.807) is 6.92 Å². The van der Waals surface area contributed by atoms with Crippen LogP contribution in [0, 0.1) is 6.92 Å². The SMILES string of the molecule is Cc1cc(C(=O)O)oc1N. The Labute approximate surface area is 57.3 Å². The second-order valence-electron chi connectivity index (χ2n) is 1.96. The Morgan fingerprint density at radius 2 is 2.40 bits per heavy atom. The minimum Gasteiger partial charge on any atom is -0.475 e. The maximum absolute atomic E-state index is 10.2. The van der Waals surface area contributed by atoms with E-state index in [1.807, 2.05) is 0 Å². The lowest BCUT2D eigenvalue weighted by molar-refractivity contribution is 0.0663. The van der Waals surface area contributed by atoms with Crippen molar-refractivity contribution in [2.24, 2.45) is 0 Å². The highest BCUT2D eigenvalue weighted by atomic mass is 16.4. The van der Waals surface area contributed by atoms with Gasteiger partial charge in [0.15, 0.2) is 5.88 Å². The van der Waals surface area contributed by atoms with E-state index >= 15 is 0 Å².